The minimum Gasteiger partial charge on any atom is -0.326 e. The Morgan fingerprint density at radius 3 is 3.12 bits per heavy atom. The Labute approximate surface area is 101 Å². The Kier molecular flexibility index (Phi) is 3.40. The van der Waals surface area contributed by atoms with Crippen LogP contribution in [0, 0.1) is 11.3 Å². The van der Waals surface area contributed by atoms with E-state index in [9.17, 15) is 4.79 Å². The van der Waals surface area contributed by atoms with E-state index < -0.39 is 0 Å². The van der Waals surface area contributed by atoms with E-state index in [1.54, 1.807) is 0 Å². The van der Waals surface area contributed by atoms with Crippen LogP contribution < -0.4 is 5.32 Å². The number of rotatable bonds is 4. The van der Waals surface area contributed by atoms with Gasteiger partial charge in [0.05, 0.1) is 12.5 Å². The van der Waals surface area contributed by atoms with Crippen molar-refractivity contribution in [1.29, 1.82) is 5.26 Å². The first-order valence-electron chi connectivity index (χ1n) is 5.66. The van der Waals surface area contributed by atoms with Gasteiger partial charge in [-0.25, -0.2) is 0 Å². The summed E-state index contributed by atoms with van der Waals surface area (Å²) in [5.41, 5.74) is 3.18. The fourth-order valence-electron chi connectivity index (χ4n) is 2.01. The Balaban J connectivity index is 2.02. The summed E-state index contributed by atoms with van der Waals surface area (Å²) < 4.78 is 0. The first kappa shape index (κ1) is 11.6. The van der Waals surface area contributed by atoms with Crippen LogP contribution in [-0.4, -0.2) is 24.4 Å². The molecule has 0 unspecified atom stereocenters. The minimum absolute atomic E-state index is 0.0648. The fourth-order valence-corrected chi connectivity index (χ4v) is 2.01. The highest BCUT2D eigenvalue weighted by Gasteiger charge is 2.17. The van der Waals surface area contributed by atoms with Crippen LogP contribution >= 0.6 is 0 Å². The highest BCUT2D eigenvalue weighted by atomic mass is 16.1. The molecule has 1 aromatic carbocycles. The molecule has 0 radical (unpaired) electrons. The van der Waals surface area contributed by atoms with E-state index in [1.165, 1.54) is 5.56 Å². The number of nitrogens with zero attached hydrogens (tertiary/aromatic N) is 2. The van der Waals surface area contributed by atoms with Gasteiger partial charge in [-0.05, 0) is 24.2 Å². The normalized spacial score (nSPS) is 13.4. The summed E-state index contributed by atoms with van der Waals surface area (Å²) in [4.78, 5) is 13.3. The number of nitriles is 1. The SMILES string of the molecule is CN(CCC#N)Cc1ccc2c(c1)CC(=O)N2. The van der Waals surface area contributed by atoms with Crippen LogP contribution in [0.5, 0.6) is 0 Å². The van der Waals surface area contributed by atoms with Gasteiger partial charge in [0, 0.05) is 25.2 Å². The topological polar surface area (TPSA) is 56.1 Å². The lowest BCUT2D eigenvalue weighted by Crippen LogP contribution is -2.18. The lowest BCUT2D eigenvalue weighted by molar-refractivity contribution is -0.115. The molecule has 17 heavy (non-hydrogen) atoms. The molecule has 1 aliphatic heterocycles. The average molecular weight is 229 g/mol. The summed E-state index contributed by atoms with van der Waals surface area (Å²) in [5.74, 6) is 0.0648. The summed E-state index contributed by atoms with van der Waals surface area (Å²) in [7, 11) is 1.99. The number of carbonyl (C=O) groups is 1. The number of amides is 1. The van der Waals surface area contributed by atoms with Gasteiger partial charge in [0.15, 0.2) is 0 Å². The molecule has 1 N–H and O–H groups in total. The van der Waals surface area contributed by atoms with Crippen molar-refractivity contribution in [2.45, 2.75) is 19.4 Å². The van der Waals surface area contributed by atoms with Gasteiger partial charge in [-0.15, -0.1) is 0 Å². The van der Waals surface area contributed by atoms with Crippen molar-refractivity contribution in [2.75, 3.05) is 18.9 Å². The Morgan fingerprint density at radius 1 is 1.53 bits per heavy atom. The molecule has 0 aliphatic carbocycles. The summed E-state index contributed by atoms with van der Waals surface area (Å²) in [6.45, 7) is 1.58. The third-order valence-electron chi connectivity index (χ3n) is 2.85. The summed E-state index contributed by atoms with van der Waals surface area (Å²) in [5, 5.41) is 11.3. The molecule has 2 rings (SSSR count). The fraction of sp³-hybridized carbons (Fsp3) is 0.385. The van der Waals surface area contributed by atoms with E-state index >= 15 is 0 Å². The Morgan fingerprint density at radius 2 is 2.35 bits per heavy atom. The highest BCUT2D eigenvalue weighted by molar-refractivity contribution is 5.99. The van der Waals surface area contributed by atoms with Crippen LogP contribution in [0.1, 0.15) is 17.5 Å². The van der Waals surface area contributed by atoms with E-state index in [-0.39, 0.29) is 5.91 Å². The van der Waals surface area contributed by atoms with Crippen LogP contribution in [0.2, 0.25) is 0 Å². The molecule has 88 valence electrons. The largest absolute Gasteiger partial charge is 0.326 e. The smallest absolute Gasteiger partial charge is 0.228 e. The number of nitrogens with one attached hydrogen (secondary N) is 1. The quantitative estimate of drug-likeness (QED) is 0.851. The van der Waals surface area contributed by atoms with Crippen LogP contribution in [0.15, 0.2) is 18.2 Å². The molecule has 0 bridgehead atoms. The minimum atomic E-state index is 0.0648. The Bertz CT molecular complexity index is 476. The van der Waals surface area contributed by atoms with Crippen molar-refractivity contribution in [3.05, 3.63) is 29.3 Å². The second-order valence-corrected chi connectivity index (χ2v) is 4.36. The van der Waals surface area contributed by atoms with E-state index in [1.807, 2.05) is 19.2 Å². The van der Waals surface area contributed by atoms with Crippen molar-refractivity contribution in [2.24, 2.45) is 0 Å². The zero-order valence-electron chi connectivity index (χ0n) is 9.86. The molecule has 1 heterocycles. The predicted octanol–water partition coefficient (Wildman–Crippen LogP) is 1.53. The standard InChI is InChI=1S/C13H15N3O/c1-16(6-2-5-14)9-10-3-4-12-11(7-10)8-13(17)15-12/h3-4,7H,2,6,8-9H2,1H3,(H,15,17). The maximum Gasteiger partial charge on any atom is 0.228 e. The van der Waals surface area contributed by atoms with Gasteiger partial charge >= 0.3 is 0 Å². The molecule has 0 aromatic heterocycles. The van der Waals surface area contributed by atoms with Crippen molar-refractivity contribution in [3.63, 3.8) is 0 Å². The lowest BCUT2D eigenvalue weighted by atomic mass is 10.1. The molecule has 0 spiro atoms. The number of benzene rings is 1. The number of hydrogen-bond acceptors (Lipinski definition) is 3. The summed E-state index contributed by atoms with van der Waals surface area (Å²) in [6.07, 6.45) is 1.02. The monoisotopic (exact) mass is 229 g/mol. The molecule has 1 aromatic rings. The molecule has 0 saturated carbocycles. The third-order valence-corrected chi connectivity index (χ3v) is 2.85. The molecule has 1 aliphatic rings. The van der Waals surface area contributed by atoms with Crippen LogP contribution in [-0.2, 0) is 17.8 Å². The van der Waals surface area contributed by atoms with Crippen LogP contribution in [0.4, 0.5) is 5.69 Å². The van der Waals surface area contributed by atoms with Gasteiger partial charge in [0.25, 0.3) is 0 Å². The molecule has 1 amide bonds. The number of hydrogen-bond donors (Lipinski definition) is 1. The maximum atomic E-state index is 11.2. The zero-order valence-corrected chi connectivity index (χ0v) is 9.86. The first-order chi connectivity index (χ1) is 8.19. The highest BCUT2D eigenvalue weighted by Crippen LogP contribution is 2.24. The molecular weight excluding hydrogens is 214 g/mol. The molecule has 4 nitrogen and oxygen atoms in total. The number of carbonyl (C=O) groups excluding carboxylic acids is 1. The molecule has 4 heteroatoms. The van der Waals surface area contributed by atoms with Crippen LogP contribution in [0.25, 0.3) is 0 Å². The van der Waals surface area contributed by atoms with Gasteiger partial charge in [-0.1, -0.05) is 12.1 Å². The van der Waals surface area contributed by atoms with Crippen molar-refractivity contribution >= 4 is 11.6 Å². The number of fused-ring (bicyclic) bond motifs is 1. The van der Waals surface area contributed by atoms with Gasteiger partial charge in [0.1, 0.15) is 0 Å². The summed E-state index contributed by atoms with van der Waals surface area (Å²) >= 11 is 0. The predicted molar refractivity (Wildman–Crippen MR) is 65.3 cm³/mol. The van der Waals surface area contributed by atoms with E-state index in [2.05, 4.69) is 22.4 Å². The second kappa shape index (κ2) is 4.98. The van der Waals surface area contributed by atoms with Crippen molar-refractivity contribution in [3.8, 4) is 6.07 Å². The Hall–Kier alpha value is -1.86. The van der Waals surface area contributed by atoms with E-state index in [0.717, 1.165) is 24.3 Å². The van der Waals surface area contributed by atoms with Gasteiger partial charge in [0.2, 0.25) is 5.91 Å². The van der Waals surface area contributed by atoms with Crippen molar-refractivity contribution < 1.29 is 4.79 Å². The third kappa shape index (κ3) is 2.83. The summed E-state index contributed by atoms with van der Waals surface area (Å²) in [6, 6.07) is 8.17. The maximum absolute atomic E-state index is 11.2. The molecule has 0 saturated heterocycles. The van der Waals surface area contributed by atoms with Crippen molar-refractivity contribution in [1.82, 2.24) is 4.90 Å². The number of anilines is 1. The van der Waals surface area contributed by atoms with Crippen LogP contribution in [0.3, 0.4) is 0 Å². The van der Waals surface area contributed by atoms with Gasteiger partial charge in [-0.3, -0.25) is 4.79 Å². The molecule has 0 fully saturated rings. The molecular formula is C13H15N3O. The van der Waals surface area contributed by atoms with Gasteiger partial charge < -0.3 is 10.2 Å². The second-order valence-electron chi connectivity index (χ2n) is 4.36. The zero-order chi connectivity index (χ0) is 12.3. The van der Waals surface area contributed by atoms with Gasteiger partial charge in [-0.2, -0.15) is 5.26 Å². The molecule has 0 atom stereocenters. The van der Waals surface area contributed by atoms with E-state index in [0.29, 0.717) is 12.8 Å². The first-order valence-corrected chi connectivity index (χ1v) is 5.66. The van der Waals surface area contributed by atoms with E-state index in [4.69, 9.17) is 5.26 Å². The lowest BCUT2D eigenvalue weighted by Gasteiger charge is -2.15. The average Bonchev–Trinajstić information content (AvgIpc) is 2.65.